The second kappa shape index (κ2) is 9.36. The van der Waals surface area contributed by atoms with E-state index in [1.165, 1.54) is 24.1 Å². The molecule has 0 fully saturated rings. The van der Waals surface area contributed by atoms with Gasteiger partial charge in [-0.2, -0.15) is 13.2 Å². The molecular weight excluding hydrogens is 421 g/mol. The number of rotatable bonds is 7. The van der Waals surface area contributed by atoms with Crippen LogP contribution < -0.4 is 10.0 Å². The summed E-state index contributed by atoms with van der Waals surface area (Å²) in [5.41, 5.74) is 2.79. The maximum atomic E-state index is 12.7. The molecule has 0 amide bonds. The van der Waals surface area contributed by atoms with Gasteiger partial charge in [-0.25, -0.2) is 4.98 Å². The molecule has 0 saturated heterocycles. The van der Waals surface area contributed by atoms with Crippen molar-refractivity contribution in [2.45, 2.75) is 24.2 Å². The summed E-state index contributed by atoms with van der Waals surface area (Å²) in [6, 6.07) is 20.6. The van der Waals surface area contributed by atoms with Crippen LogP contribution in [0.25, 0.3) is 10.9 Å². The van der Waals surface area contributed by atoms with Gasteiger partial charge in [0.15, 0.2) is 0 Å². The van der Waals surface area contributed by atoms with E-state index in [4.69, 9.17) is 4.98 Å². The van der Waals surface area contributed by atoms with E-state index in [1.54, 1.807) is 6.20 Å². The molecule has 0 atom stereocenters. The highest BCUT2D eigenvalue weighted by Crippen LogP contribution is 2.32. The Kier molecular flexibility index (Phi) is 6.39. The molecule has 0 aliphatic carbocycles. The molecule has 2 aromatic heterocycles. The number of anilines is 1. The summed E-state index contributed by atoms with van der Waals surface area (Å²) in [5, 5.41) is 4.31. The summed E-state index contributed by atoms with van der Waals surface area (Å²) in [5.74, 6) is 0. The number of alkyl halides is 3. The van der Waals surface area contributed by atoms with Crippen molar-refractivity contribution in [3.05, 3.63) is 95.9 Å². The van der Waals surface area contributed by atoms with Crippen LogP contribution in [0.1, 0.15) is 17.0 Å². The lowest BCUT2D eigenvalue weighted by atomic mass is 10.2. The predicted octanol–water partition coefficient (Wildman–Crippen LogP) is 6.06. The normalized spacial score (nSPS) is 11.6. The van der Waals surface area contributed by atoms with Crippen molar-refractivity contribution in [3.63, 3.8) is 0 Å². The number of nitrogens with zero attached hydrogens (tertiary/aromatic N) is 2. The van der Waals surface area contributed by atoms with Crippen LogP contribution in [0.15, 0.2) is 83.9 Å². The number of fused-ring (bicyclic) bond motifs is 1. The number of aromatic nitrogens is 2. The van der Waals surface area contributed by atoms with Gasteiger partial charge in [0, 0.05) is 29.6 Å². The number of nitrogens with one attached hydrogen (secondary N) is 2. The molecule has 4 rings (SSSR count). The highest BCUT2D eigenvalue weighted by molar-refractivity contribution is 8.00. The van der Waals surface area contributed by atoms with E-state index in [1.807, 2.05) is 48.5 Å². The van der Waals surface area contributed by atoms with Crippen molar-refractivity contribution in [1.29, 1.82) is 0 Å². The van der Waals surface area contributed by atoms with Gasteiger partial charge in [-0.3, -0.25) is 4.98 Å². The minimum atomic E-state index is -4.34. The standard InChI is InChI=1S/C23H19F3N4S/c24-23(25,26)17-8-11-20(12-9-17)31-30-21-6-3-4-16-7-10-19(29-22(16)21)15-27-14-18-5-1-2-13-28-18/h1-13,27,30H,14-15H2. The third kappa shape index (κ3) is 5.53. The number of halogens is 3. The molecule has 0 saturated carbocycles. The maximum absolute atomic E-state index is 12.7. The Labute approximate surface area is 182 Å². The Hall–Kier alpha value is -3.10. The fourth-order valence-electron chi connectivity index (χ4n) is 3.02. The van der Waals surface area contributed by atoms with Crippen LogP contribution in [-0.4, -0.2) is 9.97 Å². The molecule has 2 aromatic carbocycles. The first-order chi connectivity index (χ1) is 15.0. The minimum Gasteiger partial charge on any atom is -0.324 e. The molecule has 0 radical (unpaired) electrons. The zero-order valence-electron chi connectivity index (χ0n) is 16.4. The van der Waals surface area contributed by atoms with E-state index in [-0.39, 0.29) is 0 Å². The first kappa shape index (κ1) is 21.1. The zero-order valence-corrected chi connectivity index (χ0v) is 17.2. The van der Waals surface area contributed by atoms with E-state index in [9.17, 15) is 13.2 Å². The lowest BCUT2D eigenvalue weighted by molar-refractivity contribution is -0.137. The maximum Gasteiger partial charge on any atom is 0.416 e. The predicted molar refractivity (Wildman–Crippen MR) is 117 cm³/mol. The van der Waals surface area contributed by atoms with Gasteiger partial charge in [0.1, 0.15) is 0 Å². The molecule has 0 aliphatic heterocycles. The Balaban J connectivity index is 1.44. The molecule has 2 heterocycles. The van der Waals surface area contributed by atoms with E-state index in [2.05, 4.69) is 15.0 Å². The van der Waals surface area contributed by atoms with Gasteiger partial charge >= 0.3 is 6.18 Å². The smallest absolute Gasteiger partial charge is 0.324 e. The Morgan fingerprint density at radius 1 is 0.806 bits per heavy atom. The largest absolute Gasteiger partial charge is 0.416 e. The first-order valence-electron chi connectivity index (χ1n) is 9.58. The lowest BCUT2D eigenvalue weighted by Crippen LogP contribution is -2.14. The molecule has 31 heavy (non-hydrogen) atoms. The summed E-state index contributed by atoms with van der Waals surface area (Å²) in [6.07, 6.45) is -2.57. The van der Waals surface area contributed by atoms with Crippen LogP contribution in [0.5, 0.6) is 0 Å². The van der Waals surface area contributed by atoms with Crippen molar-refractivity contribution in [2.75, 3.05) is 4.72 Å². The van der Waals surface area contributed by atoms with Crippen LogP contribution in [-0.2, 0) is 19.3 Å². The highest BCUT2D eigenvalue weighted by atomic mass is 32.2. The Morgan fingerprint density at radius 2 is 1.61 bits per heavy atom. The summed E-state index contributed by atoms with van der Waals surface area (Å²) < 4.78 is 41.4. The molecule has 4 nitrogen and oxygen atoms in total. The van der Waals surface area contributed by atoms with E-state index in [0.717, 1.165) is 40.1 Å². The number of hydrogen-bond acceptors (Lipinski definition) is 5. The Bertz CT molecular complexity index is 1150. The average molecular weight is 440 g/mol. The number of benzene rings is 2. The third-order valence-corrected chi connectivity index (χ3v) is 5.41. The van der Waals surface area contributed by atoms with Crippen LogP contribution in [0, 0.1) is 0 Å². The van der Waals surface area contributed by atoms with Gasteiger partial charge in [0.2, 0.25) is 0 Å². The number of hydrogen-bond donors (Lipinski definition) is 2. The fourth-order valence-corrected chi connectivity index (χ4v) is 3.68. The van der Waals surface area contributed by atoms with Crippen molar-refractivity contribution >= 4 is 28.5 Å². The van der Waals surface area contributed by atoms with Gasteiger partial charge < -0.3 is 10.0 Å². The van der Waals surface area contributed by atoms with Gasteiger partial charge in [-0.1, -0.05) is 24.3 Å². The van der Waals surface area contributed by atoms with Crippen LogP contribution in [0.2, 0.25) is 0 Å². The number of pyridine rings is 2. The average Bonchev–Trinajstić information content (AvgIpc) is 2.78. The molecule has 158 valence electrons. The SMILES string of the molecule is FC(F)(F)c1ccc(SNc2cccc3ccc(CNCc4ccccn4)nc23)cc1. The van der Waals surface area contributed by atoms with Crippen LogP contribution in [0.4, 0.5) is 18.9 Å². The van der Waals surface area contributed by atoms with Crippen molar-refractivity contribution in [3.8, 4) is 0 Å². The molecule has 2 N–H and O–H groups in total. The molecule has 0 bridgehead atoms. The summed E-state index contributed by atoms with van der Waals surface area (Å²) in [7, 11) is 0. The van der Waals surface area contributed by atoms with E-state index in [0.29, 0.717) is 18.0 Å². The molecule has 8 heteroatoms. The summed E-state index contributed by atoms with van der Waals surface area (Å²) >= 11 is 1.25. The summed E-state index contributed by atoms with van der Waals surface area (Å²) in [6.45, 7) is 1.23. The number of para-hydroxylation sites is 1. The lowest BCUT2D eigenvalue weighted by Gasteiger charge is -2.11. The third-order valence-electron chi connectivity index (χ3n) is 4.58. The molecule has 0 unspecified atom stereocenters. The van der Waals surface area contributed by atoms with Crippen molar-refractivity contribution in [1.82, 2.24) is 15.3 Å². The van der Waals surface area contributed by atoms with E-state index < -0.39 is 11.7 Å². The monoisotopic (exact) mass is 440 g/mol. The van der Waals surface area contributed by atoms with Gasteiger partial charge in [-0.05, 0) is 60.5 Å². The second-order valence-corrected chi connectivity index (χ2v) is 7.71. The first-order valence-corrected chi connectivity index (χ1v) is 10.4. The Morgan fingerprint density at radius 3 is 2.35 bits per heavy atom. The van der Waals surface area contributed by atoms with E-state index >= 15 is 0 Å². The molecule has 0 spiro atoms. The van der Waals surface area contributed by atoms with Crippen molar-refractivity contribution < 1.29 is 13.2 Å². The van der Waals surface area contributed by atoms with Crippen LogP contribution in [0.3, 0.4) is 0 Å². The topological polar surface area (TPSA) is 49.8 Å². The zero-order chi connectivity index (χ0) is 21.7. The highest BCUT2D eigenvalue weighted by Gasteiger charge is 2.29. The second-order valence-electron chi connectivity index (χ2n) is 6.83. The molecule has 0 aliphatic rings. The molecular formula is C23H19F3N4S. The van der Waals surface area contributed by atoms with Gasteiger partial charge in [-0.15, -0.1) is 0 Å². The van der Waals surface area contributed by atoms with Gasteiger partial charge in [0.25, 0.3) is 0 Å². The minimum absolute atomic E-state index is 0.590. The van der Waals surface area contributed by atoms with Gasteiger partial charge in [0.05, 0.1) is 28.2 Å². The quantitative estimate of drug-likeness (QED) is 0.342. The van der Waals surface area contributed by atoms with Crippen LogP contribution >= 0.6 is 11.9 Å². The fraction of sp³-hybridized carbons (Fsp3) is 0.130. The van der Waals surface area contributed by atoms with Crippen molar-refractivity contribution in [2.24, 2.45) is 0 Å². The molecule has 4 aromatic rings. The summed E-state index contributed by atoms with van der Waals surface area (Å²) in [4.78, 5) is 9.72.